The Hall–Kier alpha value is -2.84. The van der Waals surface area contributed by atoms with Gasteiger partial charge in [0.25, 0.3) is 5.91 Å². The lowest BCUT2D eigenvalue weighted by atomic mass is 9.99. The van der Waals surface area contributed by atoms with Crippen LogP contribution in [0.1, 0.15) is 46.9 Å². The minimum Gasteiger partial charge on any atom is -0.493 e. The van der Waals surface area contributed by atoms with E-state index in [0.717, 1.165) is 12.0 Å². The molecule has 0 unspecified atom stereocenters. The maximum atomic E-state index is 13.7. The number of amides is 2. The van der Waals surface area contributed by atoms with Gasteiger partial charge in [-0.2, -0.15) is 0 Å². The number of ether oxygens (including phenoxy) is 2. The number of rotatable bonds is 7. The van der Waals surface area contributed by atoms with E-state index in [4.69, 9.17) is 9.47 Å². The van der Waals surface area contributed by atoms with Gasteiger partial charge in [0.15, 0.2) is 11.5 Å². The Bertz CT molecular complexity index is 1130. The number of benzene rings is 1. The van der Waals surface area contributed by atoms with Crippen LogP contribution in [0.25, 0.3) is 0 Å². The number of nitrogens with zero attached hydrogens (tertiary/aromatic N) is 2. The normalized spacial score (nSPS) is 15.5. The number of hydrogen-bond acceptors (Lipinski definition) is 6. The third-order valence-corrected chi connectivity index (χ3v) is 7.82. The number of para-hydroxylation sites is 2. The molecule has 1 atom stereocenters. The second kappa shape index (κ2) is 10.2. The van der Waals surface area contributed by atoms with E-state index in [9.17, 15) is 9.59 Å². The van der Waals surface area contributed by atoms with Gasteiger partial charge in [-0.3, -0.25) is 9.59 Å². The van der Waals surface area contributed by atoms with Crippen molar-refractivity contribution in [2.24, 2.45) is 0 Å². The van der Waals surface area contributed by atoms with Gasteiger partial charge in [0.05, 0.1) is 18.0 Å². The summed E-state index contributed by atoms with van der Waals surface area (Å²) in [6.45, 7) is 6.80. The zero-order valence-corrected chi connectivity index (χ0v) is 21.6. The fourth-order valence-corrected chi connectivity index (χ4v) is 5.75. The molecule has 1 aromatic carbocycles. The molecular formula is C26H30N2O4S2. The van der Waals surface area contributed by atoms with Gasteiger partial charge in [0.2, 0.25) is 5.91 Å². The van der Waals surface area contributed by atoms with Gasteiger partial charge in [-0.25, -0.2) is 0 Å². The van der Waals surface area contributed by atoms with Crippen LogP contribution in [0.15, 0.2) is 53.2 Å². The van der Waals surface area contributed by atoms with Gasteiger partial charge >= 0.3 is 0 Å². The summed E-state index contributed by atoms with van der Waals surface area (Å²) in [6, 6.07) is 13.0. The van der Waals surface area contributed by atoms with E-state index in [1.54, 1.807) is 29.4 Å². The Balaban J connectivity index is 1.56. The van der Waals surface area contributed by atoms with Crippen LogP contribution in [0.2, 0.25) is 0 Å². The average Bonchev–Trinajstić information content (AvgIpc) is 3.52. The minimum atomic E-state index is -0.497. The van der Waals surface area contributed by atoms with Crippen molar-refractivity contribution in [3.05, 3.63) is 68.5 Å². The smallest absolute Gasteiger partial charge is 0.264 e. The highest BCUT2D eigenvalue weighted by atomic mass is 32.1. The predicted molar refractivity (Wildman–Crippen MR) is 136 cm³/mol. The van der Waals surface area contributed by atoms with Crippen LogP contribution in [-0.2, 0) is 11.2 Å². The van der Waals surface area contributed by atoms with Crippen LogP contribution in [-0.4, -0.2) is 54.0 Å². The molecule has 0 fully saturated rings. The van der Waals surface area contributed by atoms with Crippen molar-refractivity contribution in [2.75, 3.05) is 26.8 Å². The molecule has 1 aliphatic heterocycles. The van der Waals surface area contributed by atoms with Gasteiger partial charge in [0, 0.05) is 17.0 Å². The molecule has 0 saturated carbocycles. The number of carbonyl (C=O) groups is 2. The number of methoxy groups -OCH3 is 1. The topological polar surface area (TPSA) is 59.1 Å². The third-order valence-electron chi connectivity index (χ3n) is 5.96. The van der Waals surface area contributed by atoms with Crippen LogP contribution >= 0.6 is 22.7 Å². The second-order valence-corrected chi connectivity index (χ2v) is 11.1. The Morgan fingerprint density at radius 3 is 2.50 bits per heavy atom. The summed E-state index contributed by atoms with van der Waals surface area (Å²) in [5, 5.41) is 3.94. The largest absolute Gasteiger partial charge is 0.493 e. The quantitative estimate of drug-likeness (QED) is 0.446. The molecule has 8 heteroatoms. The summed E-state index contributed by atoms with van der Waals surface area (Å²) >= 11 is 3.11. The maximum Gasteiger partial charge on any atom is 0.264 e. The molecule has 3 aromatic rings. The zero-order chi connectivity index (χ0) is 24.3. The Morgan fingerprint density at radius 2 is 1.82 bits per heavy atom. The highest BCUT2D eigenvalue weighted by Gasteiger charge is 2.36. The molecule has 0 saturated heterocycles. The number of thiophene rings is 2. The predicted octanol–water partition coefficient (Wildman–Crippen LogP) is 5.26. The molecule has 34 heavy (non-hydrogen) atoms. The molecule has 3 heterocycles. The molecule has 0 bridgehead atoms. The van der Waals surface area contributed by atoms with Crippen molar-refractivity contribution < 1.29 is 19.1 Å². The Labute approximate surface area is 208 Å². The molecule has 180 valence electrons. The summed E-state index contributed by atoms with van der Waals surface area (Å²) in [7, 11) is 1.61. The summed E-state index contributed by atoms with van der Waals surface area (Å²) in [5.41, 5.74) is 0.620. The van der Waals surface area contributed by atoms with Crippen molar-refractivity contribution in [1.82, 2.24) is 9.80 Å². The van der Waals surface area contributed by atoms with E-state index in [-0.39, 0.29) is 24.4 Å². The summed E-state index contributed by atoms with van der Waals surface area (Å²) in [6.07, 6.45) is 0.804. The minimum absolute atomic E-state index is 0.0187. The van der Waals surface area contributed by atoms with Crippen LogP contribution in [0, 0.1) is 0 Å². The fourth-order valence-electron chi connectivity index (χ4n) is 4.15. The Morgan fingerprint density at radius 1 is 1.06 bits per heavy atom. The molecule has 0 N–H and O–H groups in total. The van der Waals surface area contributed by atoms with E-state index in [2.05, 4.69) is 11.4 Å². The maximum absolute atomic E-state index is 13.7. The van der Waals surface area contributed by atoms with Gasteiger partial charge in [-0.15, -0.1) is 22.7 Å². The molecule has 2 aromatic heterocycles. The molecule has 1 aliphatic rings. The SMILES string of the molecule is COc1ccccc1OC[C@H]1c2ccsc2CCN1C(=O)CN(C(=O)c1cccs1)C(C)(C)C. The van der Waals surface area contributed by atoms with E-state index in [1.807, 2.05) is 61.4 Å². The molecular weight excluding hydrogens is 468 g/mol. The molecule has 0 radical (unpaired) electrons. The molecule has 2 amide bonds. The first-order valence-electron chi connectivity index (χ1n) is 11.3. The summed E-state index contributed by atoms with van der Waals surface area (Å²) < 4.78 is 11.6. The van der Waals surface area contributed by atoms with Crippen LogP contribution in [0.3, 0.4) is 0 Å². The summed E-state index contributed by atoms with van der Waals surface area (Å²) in [5.74, 6) is 1.10. The van der Waals surface area contributed by atoms with E-state index in [0.29, 0.717) is 29.5 Å². The summed E-state index contributed by atoms with van der Waals surface area (Å²) in [4.78, 5) is 32.3. The Kier molecular flexibility index (Phi) is 7.28. The van der Waals surface area contributed by atoms with E-state index >= 15 is 0 Å². The third kappa shape index (κ3) is 5.13. The number of fused-ring (bicyclic) bond motifs is 1. The van der Waals surface area contributed by atoms with Crippen LogP contribution in [0.5, 0.6) is 11.5 Å². The molecule has 4 rings (SSSR count). The van der Waals surface area contributed by atoms with Gasteiger partial charge in [0.1, 0.15) is 13.2 Å². The van der Waals surface area contributed by atoms with Crippen molar-refractivity contribution in [3.8, 4) is 11.5 Å². The second-order valence-electron chi connectivity index (χ2n) is 9.15. The van der Waals surface area contributed by atoms with Crippen molar-refractivity contribution in [2.45, 2.75) is 38.8 Å². The van der Waals surface area contributed by atoms with E-state index < -0.39 is 5.54 Å². The molecule has 0 spiro atoms. The lowest BCUT2D eigenvalue weighted by Gasteiger charge is -2.40. The highest BCUT2D eigenvalue weighted by Crippen LogP contribution is 2.35. The first-order chi connectivity index (χ1) is 16.3. The van der Waals surface area contributed by atoms with Crippen LogP contribution < -0.4 is 9.47 Å². The van der Waals surface area contributed by atoms with Gasteiger partial charge in [-0.05, 0) is 67.8 Å². The molecule has 0 aliphatic carbocycles. The van der Waals surface area contributed by atoms with Gasteiger partial charge < -0.3 is 19.3 Å². The van der Waals surface area contributed by atoms with Crippen LogP contribution in [0.4, 0.5) is 0 Å². The van der Waals surface area contributed by atoms with Crippen molar-refractivity contribution in [1.29, 1.82) is 0 Å². The fraction of sp³-hybridized carbons (Fsp3) is 0.385. The van der Waals surface area contributed by atoms with Gasteiger partial charge in [-0.1, -0.05) is 18.2 Å². The van der Waals surface area contributed by atoms with Crippen molar-refractivity contribution >= 4 is 34.5 Å². The first-order valence-corrected chi connectivity index (χ1v) is 13.0. The average molecular weight is 499 g/mol. The monoisotopic (exact) mass is 498 g/mol. The number of hydrogen-bond donors (Lipinski definition) is 0. The molecule has 6 nitrogen and oxygen atoms in total. The van der Waals surface area contributed by atoms with E-state index in [1.165, 1.54) is 16.2 Å². The van der Waals surface area contributed by atoms with Crippen molar-refractivity contribution in [3.63, 3.8) is 0 Å². The lowest BCUT2D eigenvalue weighted by Crippen LogP contribution is -2.53. The first kappa shape index (κ1) is 24.3. The lowest BCUT2D eigenvalue weighted by molar-refractivity contribution is -0.136. The number of carbonyl (C=O) groups excluding carboxylic acids is 2. The zero-order valence-electron chi connectivity index (χ0n) is 19.9. The standard InChI is InChI=1S/C26H30N2O4S2/c1-26(2,3)28(25(30)23-10-7-14-33-23)16-24(29)27-13-11-22-18(12-15-34-22)19(27)17-32-21-9-6-5-8-20(21)31-4/h5-10,12,14-15,19H,11,13,16-17H2,1-4H3/t19-/m0/s1. The highest BCUT2D eigenvalue weighted by molar-refractivity contribution is 7.12.